The van der Waals surface area contributed by atoms with Crippen molar-refractivity contribution in [3.63, 3.8) is 0 Å². The van der Waals surface area contributed by atoms with Crippen molar-refractivity contribution in [2.45, 2.75) is 0 Å². The van der Waals surface area contributed by atoms with Crippen molar-refractivity contribution in [3.8, 4) is 5.75 Å². The van der Waals surface area contributed by atoms with Gasteiger partial charge in [0.05, 0.1) is 10.6 Å². The number of rotatable bonds is 6. The highest BCUT2D eigenvalue weighted by atomic mass is 16.6. The molecule has 0 aromatic heterocycles. The Morgan fingerprint density at radius 1 is 1.19 bits per heavy atom. The number of carbonyl (C=O) groups excluding carboxylic acids is 2. The molecule has 0 unspecified atom stereocenters. The largest absolute Gasteiger partial charge is 0.489 e. The summed E-state index contributed by atoms with van der Waals surface area (Å²) in [7, 11) is 0. The summed E-state index contributed by atoms with van der Waals surface area (Å²) < 4.78 is 5.47. The minimum absolute atomic E-state index is 0.150. The maximum Gasteiger partial charge on any atom is 0.282 e. The van der Waals surface area contributed by atoms with Crippen molar-refractivity contribution in [2.24, 2.45) is 0 Å². The molecule has 0 aliphatic carbocycles. The summed E-state index contributed by atoms with van der Waals surface area (Å²) in [6.45, 7) is 3.72. The molecule has 2 aromatic rings. The number of nitro groups is 1. The molecule has 0 spiro atoms. The number of nitrogens with zero attached hydrogens (tertiary/aromatic N) is 2. The quantitative estimate of drug-likeness (QED) is 0.279. The monoisotopic (exact) mass is 365 g/mol. The SMILES string of the molecule is C=CCOc1ccc([N+](=O)[O-])cc1C=C1C(=O)NN(c2ccccc2)C1=O. The van der Waals surface area contributed by atoms with Gasteiger partial charge in [-0.1, -0.05) is 30.9 Å². The van der Waals surface area contributed by atoms with Gasteiger partial charge in [0.25, 0.3) is 17.5 Å². The van der Waals surface area contributed by atoms with Gasteiger partial charge in [-0.3, -0.25) is 25.1 Å². The molecule has 1 N–H and O–H groups in total. The molecular formula is C19H15N3O5. The molecule has 0 saturated carbocycles. The molecule has 27 heavy (non-hydrogen) atoms. The minimum atomic E-state index is -0.606. The second kappa shape index (κ2) is 7.52. The number of ether oxygens (including phenoxy) is 1. The molecule has 0 radical (unpaired) electrons. The van der Waals surface area contributed by atoms with Crippen LogP contribution in [0.4, 0.5) is 11.4 Å². The molecule has 0 atom stereocenters. The van der Waals surface area contributed by atoms with Crippen LogP contribution in [-0.2, 0) is 9.59 Å². The van der Waals surface area contributed by atoms with Crippen LogP contribution in [0, 0.1) is 10.1 Å². The highest BCUT2D eigenvalue weighted by molar-refractivity contribution is 6.31. The van der Waals surface area contributed by atoms with E-state index >= 15 is 0 Å². The zero-order chi connectivity index (χ0) is 19.4. The van der Waals surface area contributed by atoms with Crippen LogP contribution in [0.3, 0.4) is 0 Å². The Bertz CT molecular complexity index is 953. The number of anilines is 1. The van der Waals surface area contributed by atoms with E-state index in [4.69, 9.17) is 4.74 Å². The van der Waals surface area contributed by atoms with Gasteiger partial charge in [-0.2, -0.15) is 0 Å². The van der Waals surface area contributed by atoms with E-state index < -0.39 is 16.7 Å². The van der Waals surface area contributed by atoms with Gasteiger partial charge < -0.3 is 4.74 Å². The number of amides is 2. The molecule has 136 valence electrons. The van der Waals surface area contributed by atoms with Gasteiger partial charge in [0.15, 0.2) is 0 Å². The topological polar surface area (TPSA) is 102 Å². The molecule has 0 bridgehead atoms. The van der Waals surface area contributed by atoms with Crippen molar-refractivity contribution in [3.05, 3.63) is 82.4 Å². The minimum Gasteiger partial charge on any atom is -0.489 e. The lowest BCUT2D eigenvalue weighted by Crippen LogP contribution is -2.35. The number of hydrogen-bond donors (Lipinski definition) is 1. The van der Waals surface area contributed by atoms with Crippen LogP contribution in [-0.4, -0.2) is 23.3 Å². The first kappa shape index (κ1) is 17.9. The summed E-state index contributed by atoms with van der Waals surface area (Å²) in [4.78, 5) is 35.4. The maximum absolute atomic E-state index is 12.6. The second-order valence-corrected chi connectivity index (χ2v) is 5.55. The van der Waals surface area contributed by atoms with Gasteiger partial charge >= 0.3 is 0 Å². The normalized spacial score (nSPS) is 15.0. The Balaban J connectivity index is 2.00. The van der Waals surface area contributed by atoms with Crippen LogP contribution in [0.1, 0.15) is 5.56 Å². The zero-order valence-corrected chi connectivity index (χ0v) is 14.1. The van der Waals surface area contributed by atoms with Crippen molar-refractivity contribution in [2.75, 3.05) is 11.6 Å². The number of nitro benzene ring substituents is 1. The van der Waals surface area contributed by atoms with Gasteiger partial charge in [-0.05, 0) is 24.3 Å². The molecule has 3 rings (SSSR count). The van der Waals surface area contributed by atoms with Gasteiger partial charge in [0.1, 0.15) is 17.9 Å². The van der Waals surface area contributed by atoms with Crippen LogP contribution >= 0.6 is 0 Å². The lowest BCUT2D eigenvalue weighted by Gasteiger charge is -2.13. The number of non-ortho nitro benzene ring substituents is 1. The first-order valence-corrected chi connectivity index (χ1v) is 7.95. The first-order chi connectivity index (χ1) is 13.0. The summed E-state index contributed by atoms with van der Waals surface area (Å²) in [5, 5.41) is 12.2. The van der Waals surface area contributed by atoms with Gasteiger partial charge in [0.2, 0.25) is 0 Å². The summed E-state index contributed by atoms with van der Waals surface area (Å²) in [6, 6.07) is 12.6. The van der Waals surface area contributed by atoms with E-state index in [0.717, 1.165) is 5.01 Å². The third kappa shape index (κ3) is 3.69. The lowest BCUT2D eigenvalue weighted by atomic mass is 10.1. The molecule has 1 aliphatic rings. The summed E-state index contributed by atoms with van der Waals surface area (Å²) in [5.74, 6) is -0.871. The van der Waals surface area contributed by atoms with Gasteiger partial charge in [-0.25, -0.2) is 5.01 Å². The zero-order valence-electron chi connectivity index (χ0n) is 14.1. The average Bonchev–Trinajstić information content (AvgIpc) is 2.95. The van der Waals surface area contributed by atoms with E-state index in [0.29, 0.717) is 11.4 Å². The number of carbonyl (C=O) groups is 2. The van der Waals surface area contributed by atoms with E-state index in [1.165, 1.54) is 30.4 Å². The molecule has 2 aromatic carbocycles. The molecule has 1 fully saturated rings. The predicted octanol–water partition coefficient (Wildman–Crippen LogP) is 2.62. The molecule has 8 heteroatoms. The molecule has 8 nitrogen and oxygen atoms in total. The molecular weight excluding hydrogens is 350 g/mol. The second-order valence-electron chi connectivity index (χ2n) is 5.55. The molecule has 2 amide bonds. The standard InChI is InChI=1S/C19H15N3O5/c1-2-10-27-17-9-8-15(22(25)26)11-13(17)12-16-18(23)20-21(19(16)24)14-6-4-3-5-7-14/h2-9,11-12H,1,10H2,(H,20,23). The Morgan fingerprint density at radius 3 is 2.59 bits per heavy atom. The fourth-order valence-corrected chi connectivity index (χ4v) is 2.51. The van der Waals surface area contributed by atoms with E-state index in [1.54, 1.807) is 30.3 Å². The molecule has 1 heterocycles. The highest BCUT2D eigenvalue weighted by Crippen LogP contribution is 2.28. The van der Waals surface area contributed by atoms with Gasteiger partial charge in [0, 0.05) is 17.7 Å². The van der Waals surface area contributed by atoms with Crippen molar-refractivity contribution >= 4 is 29.3 Å². The third-order valence-electron chi connectivity index (χ3n) is 3.77. The van der Waals surface area contributed by atoms with Crippen molar-refractivity contribution in [1.29, 1.82) is 0 Å². The average molecular weight is 365 g/mol. The summed E-state index contributed by atoms with van der Waals surface area (Å²) in [5.41, 5.74) is 2.89. The van der Waals surface area contributed by atoms with E-state index in [9.17, 15) is 19.7 Å². The fourth-order valence-electron chi connectivity index (χ4n) is 2.51. The van der Waals surface area contributed by atoms with E-state index in [2.05, 4.69) is 12.0 Å². The summed E-state index contributed by atoms with van der Waals surface area (Å²) >= 11 is 0. The number of hydrazine groups is 1. The van der Waals surface area contributed by atoms with E-state index in [-0.39, 0.29) is 23.4 Å². The molecule has 1 saturated heterocycles. The van der Waals surface area contributed by atoms with Gasteiger partial charge in [-0.15, -0.1) is 0 Å². The predicted molar refractivity (Wildman–Crippen MR) is 98.8 cm³/mol. The Kier molecular flexibility index (Phi) is 4.98. The number of para-hydroxylation sites is 1. The summed E-state index contributed by atoms with van der Waals surface area (Å²) in [6.07, 6.45) is 2.80. The fraction of sp³-hybridized carbons (Fsp3) is 0.0526. The number of nitrogens with one attached hydrogen (secondary N) is 1. The third-order valence-corrected chi connectivity index (χ3v) is 3.77. The Morgan fingerprint density at radius 2 is 1.93 bits per heavy atom. The van der Waals surface area contributed by atoms with E-state index in [1.807, 2.05) is 0 Å². The Hall–Kier alpha value is -3.94. The Labute approximate surface area is 154 Å². The van der Waals surface area contributed by atoms with Crippen molar-refractivity contribution < 1.29 is 19.2 Å². The van der Waals surface area contributed by atoms with Crippen LogP contribution in [0.5, 0.6) is 5.75 Å². The van der Waals surface area contributed by atoms with Crippen LogP contribution in [0.2, 0.25) is 0 Å². The van der Waals surface area contributed by atoms with Crippen LogP contribution in [0.15, 0.2) is 66.8 Å². The number of hydrogen-bond acceptors (Lipinski definition) is 5. The lowest BCUT2D eigenvalue weighted by molar-refractivity contribution is -0.384. The van der Waals surface area contributed by atoms with Crippen LogP contribution in [0.25, 0.3) is 6.08 Å². The number of benzene rings is 2. The van der Waals surface area contributed by atoms with Crippen molar-refractivity contribution in [1.82, 2.24) is 5.43 Å². The molecule has 1 aliphatic heterocycles. The maximum atomic E-state index is 12.6. The first-order valence-electron chi connectivity index (χ1n) is 7.95. The highest BCUT2D eigenvalue weighted by Gasteiger charge is 2.34. The van der Waals surface area contributed by atoms with Crippen LogP contribution < -0.4 is 15.2 Å². The smallest absolute Gasteiger partial charge is 0.282 e.